The molecule has 3 rings (SSSR count). The molecule has 0 saturated heterocycles. The predicted molar refractivity (Wildman–Crippen MR) is 83.2 cm³/mol. The van der Waals surface area contributed by atoms with E-state index in [2.05, 4.69) is 20.9 Å². The van der Waals surface area contributed by atoms with Crippen LogP contribution in [0.5, 0.6) is 0 Å². The van der Waals surface area contributed by atoms with E-state index in [1.54, 1.807) is 12.1 Å². The summed E-state index contributed by atoms with van der Waals surface area (Å²) in [6.45, 7) is 4.01. The topological polar surface area (TPSA) is 17.8 Å². The van der Waals surface area contributed by atoms with Gasteiger partial charge < -0.3 is 4.57 Å². The molecule has 3 aromatic rings. The molecule has 1 heterocycles. The molecule has 2 aromatic carbocycles. The Bertz CT molecular complexity index is 807. The number of fused-ring (bicyclic) bond motifs is 1. The number of aromatic nitrogens is 2. The zero-order valence-corrected chi connectivity index (χ0v) is 13.2. The van der Waals surface area contributed by atoms with Crippen molar-refractivity contribution >= 4 is 27.0 Å². The third-order valence-corrected chi connectivity index (χ3v) is 3.94. The lowest BCUT2D eigenvalue weighted by molar-refractivity contribution is 0.612. The van der Waals surface area contributed by atoms with Crippen molar-refractivity contribution in [2.45, 2.75) is 19.9 Å². The van der Waals surface area contributed by atoms with Gasteiger partial charge in [-0.05, 0) is 66.2 Å². The van der Waals surface area contributed by atoms with Crippen molar-refractivity contribution in [3.05, 3.63) is 52.5 Å². The Balaban J connectivity index is 2.34. The summed E-state index contributed by atoms with van der Waals surface area (Å²) in [4.78, 5) is 4.60. The molecule has 0 aliphatic carbocycles. The van der Waals surface area contributed by atoms with Gasteiger partial charge in [0.2, 0.25) is 0 Å². The highest BCUT2D eigenvalue weighted by Crippen LogP contribution is 2.32. The minimum absolute atomic E-state index is 0.101. The van der Waals surface area contributed by atoms with Crippen LogP contribution in [0.25, 0.3) is 22.4 Å². The van der Waals surface area contributed by atoms with Gasteiger partial charge in [0.25, 0.3) is 0 Å². The number of imidazole rings is 1. The average molecular weight is 351 g/mol. The summed E-state index contributed by atoms with van der Waals surface area (Å²) in [6, 6.07) is 9.13. The smallest absolute Gasteiger partial charge is 0.141 e. The third kappa shape index (κ3) is 2.46. The van der Waals surface area contributed by atoms with Crippen molar-refractivity contribution in [1.29, 1.82) is 0 Å². The molecule has 108 valence electrons. The molecular formula is C16H13BrF2N2. The van der Waals surface area contributed by atoms with Crippen molar-refractivity contribution in [2.24, 2.45) is 0 Å². The van der Waals surface area contributed by atoms with Crippen molar-refractivity contribution in [3.63, 3.8) is 0 Å². The highest BCUT2D eigenvalue weighted by molar-refractivity contribution is 9.10. The van der Waals surface area contributed by atoms with E-state index in [1.165, 1.54) is 24.3 Å². The van der Waals surface area contributed by atoms with E-state index in [0.29, 0.717) is 15.8 Å². The van der Waals surface area contributed by atoms with Gasteiger partial charge in [0.05, 0.1) is 5.52 Å². The molecule has 0 aliphatic rings. The molecule has 0 unspecified atom stereocenters. The highest BCUT2D eigenvalue weighted by atomic mass is 79.9. The van der Waals surface area contributed by atoms with Crippen LogP contribution in [0.3, 0.4) is 0 Å². The van der Waals surface area contributed by atoms with E-state index in [1.807, 2.05) is 18.4 Å². The summed E-state index contributed by atoms with van der Waals surface area (Å²) in [6.07, 6.45) is 0. The maximum Gasteiger partial charge on any atom is 0.141 e. The summed E-state index contributed by atoms with van der Waals surface area (Å²) in [5.41, 5.74) is 2.22. The molecule has 0 fully saturated rings. The Morgan fingerprint density at radius 1 is 1.05 bits per heavy atom. The van der Waals surface area contributed by atoms with Crippen LogP contribution < -0.4 is 0 Å². The Morgan fingerprint density at radius 3 is 2.33 bits per heavy atom. The second-order valence-electron chi connectivity index (χ2n) is 5.16. The maximum atomic E-state index is 13.7. The zero-order valence-electron chi connectivity index (χ0n) is 11.6. The van der Waals surface area contributed by atoms with Crippen molar-refractivity contribution in [3.8, 4) is 11.4 Å². The van der Waals surface area contributed by atoms with Crippen LogP contribution in [0.1, 0.15) is 19.9 Å². The zero-order chi connectivity index (χ0) is 15.1. The van der Waals surface area contributed by atoms with Gasteiger partial charge in [-0.3, -0.25) is 0 Å². The summed E-state index contributed by atoms with van der Waals surface area (Å²) < 4.78 is 29.3. The molecule has 0 bridgehead atoms. The van der Waals surface area contributed by atoms with Gasteiger partial charge in [-0.2, -0.15) is 0 Å². The third-order valence-electron chi connectivity index (χ3n) is 3.33. The lowest BCUT2D eigenvalue weighted by Crippen LogP contribution is -2.03. The predicted octanol–water partition coefficient (Wildman–Crippen LogP) is 5.32. The second-order valence-corrected chi connectivity index (χ2v) is 6.02. The van der Waals surface area contributed by atoms with Gasteiger partial charge in [0.15, 0.2) is 0 Å². The Kier molecular flexibility index (Phi) is 3.53. The van der Waals surface area contributed by atoms with E-state index in [4.69, 9.17) is 0 Å². The molecule has 0 saturated carbocycles. The monoisotopic (exact) mass is 350 g/mol. The number of nitrogens with zero attached hydrogens (tertiary/aromatic N) is 2. The van der Waals surface area contributed by atoms with Gasteiger partial charge in [0.1, 0.15) is 23.0 Å². The fraction of sp³-hybridized carbons (Fsp3) is 0.188. The first-order valence-electron chi connectivity index (χ1n) is 6.60. The van der Waals surface area contributed by atoms with E-state index < -0.39 is 0 Å². The molecule has 0 N–H and O–H groups in total. The molecule has 21 heavy (non-hydrogen) atoms. The Hall–Kier alpha value is -1.75. The molecule has 0 spiro atoms. The Morgan fingerprint density at radius 2 is 1.71 bits per heavy atom. The van der Waals surface area contributed by atoms with Crippen LogP contribution in [-0.2, 0) is 0 Å². The molecule has 2 nitrogen and oxygen atoms in total. The van der Waals surface area contributed by atoms with Crippen molar-refractivity contribution in [1.82, 2.24) is 9.55 Å². The molecule has 0 amide bonds. The summed E-state index contributed by atoms with van der Waals surface area (Å²) in [5, 5.41) is 0. The first-order valence-corrected chi connectivity index (χ1v) is 7.39. The minimum atomic E-state index is -0.318. The number of hydrogen-bond donors (Lipinski definition) is 0. The number of benzene rings is 2. The summed E-state index contributed by atoms with van der Waals surface area (Å²) >= 11 is 3.35. The minimum Gasteiger partial charge on any atom is -0.321 e. The number of halogens is 3. The molecule has 0 atom stereocenters. The fourth-order valence-electron chi connectivity index (χ4n) is 2.45. The first kappa shape index (κ1) is 14.2. The van der Waals surface area contributed by atoms with Gasteiger partial charge in [-0.25, -0.2) is 13.8 Å². The summed E-state index contributed by atoms with van der Waals surface area (Å²) in [7, 11) is 0. The molecular weight excluding hydrogens is 338 g/mol. The van der Waals surface area contributed by atoms with E-state index >= 15 is 0 Å². The molecule has 5 heteroatoms. The first-order chi connectivity index (χ1) is 9.97. The van der Waals surface area contributed by atoms with Gasteiger partial charge in [-0.15, -0.1) is 0 Å². The average Bonchev–Trinajstić information content (AvgIpc) is 2.79. The van der Waals surface area contributed by atoms with Crippen LogP contribution in [-0.4, -0.2) is 9.55 Å². The standard InChI is InChI=1S/C16H13BrF2N2/c1-9(2)21-14-8-12(19)7-13(17)15(14)20-16(21)10-3-5-11(18)6-4-10/h3-9H,1-2H3. The summed E-state index contributed by atoms with van der Waals surface area (Å²) in [5.74, 6) is 0.0892. The van der Waals surface area contributed by atoms with E-state index in [0.717, 1.165) is 11.1 Å². The van der Waals surface area contributed by atoms with Crippen LogP contribution >= 0.6 is 15.9 Å². The van der Waals surface area contributed by atoms with Gasteiger partial charge >= 0.3 is 0 Å². The van der Waals surface area contributed by atoms with Crippen LogP contribution in [0.2, 0.25) is 0 Å². The lowest BCUT2D eigenvalue weighted by atomic mass is 10.2. The van der Waals surface area contributed by atoms with Gasteiger partial charge in [-0.1, -0.05) is 0 Å². The van der Waals surface area contributed by atoms with E-state index in [-0.39, 0.29) is 17.7 Å². The molecule has 1 aromatic heterocycles. The maximum absolute atomic E-state index is 13.7. The van der Waals surface area contributed by atoms with Gasteiger partial charge in [0, 0.05) is 16.1 Å². The van der Waals surface area contributed by atoms with Crippen molar-refractivity contribution in [2.75, 3.05) is 0 Å². The van der Waals surface area contributed by atoms with Crippen molar-refractivity contribution < 1.29 is 8.78 Å². The quantitative estimate of drug-likeness (QED) is 0.611. The molecule has 0 radical (unpaired) electrons. The van der Waals surface area contributed by atoms with Crippen LogP contribution in [0.4, 0.5) is 8.78 Å². The number of rotatable bonds is 2. The molecule has 0 aliphatic heterocycles. The fourth-order valence-corrected chi connectivity index (χ4v) is 2.96. The normalized spacial score (nSPS) is 11.5. The number of hydrogen-bond acceptors (Lipinski definition) is 1. The SMILES string of the molecule is CC(C)n1c(-c2ccc(F)cc2)nc2c(Br)cc(F)cc21. The Labute approximate surface area is 129 Å². The van der Waals surface area contributed by atoms with E-state index in [9.17, 15) is 8.78 Å². The van der Waals surface area contributed by atoms with Crippen LogP contribution in [0.15, 0.2) is 40.9 Å². The lowest BCUT2D eigenvalue weighted by Gasteiger charge is -2.13. The largest absolute Gasteiger partial charge is 0.321 e. The highest BCUT2D eigenvalue weighted by Gasteiger charge is 2.17. The van der Waals surface area contributed by atoms with Crippen LogP contribution in [0, 0.1) is 11.6 Å². The second kappa shape index (κ2) is 5.22.